The number of thiol groups is 1. The first-order valence-corrected chi connectivity index (χ1v) is 14.3. The quantitative estimate of drug-likeness (QED) is 0.275. The van der Waals surface area contributed by atoms with Crippen LogP contribution < -0.4 is 10.6 Å². The van der Waals surface area contributed by atoms with Crippen molar-refractivity contribution in [1.82, 2.24) is 14.5 Å². The Kier molecular flexibility index (Phi) is 7.43. The molecule has 3 aromatic rings. The second-order valence-electron chi connectivity index (χ2n) is 9.37. The zero-order valence-corrected chi connectivity index (χ0v) is 23.2. The fraction of sp³-hybridized carbons (Fsp3) is 0.346. The summed E-state index contributed by atoms with van der Waals surface area (Å²) in [6, 6.07) is 5.43. The number of nitrogens with zero attached hydrogens (tertiary/aromatic N) is 4. The van der Waals surface area contributed by atoms with E-state index in [4.69, 9.17) is 27.9 Å². The smallest absolute Gasteiger partial charge is 0.350 e. The molecule has 38 heavy (non-hydrogen) atoms. The van der Waals surface area contributed by atoms with Crippen molar-refractivity contribution >= 4 is 56.7 Å². The van der Waals surface area contributed by atoms with Crippen LogP contribution in [-0.4, -0.2) is 65.0 Å². The molecule has 5 rings (SSSR count). The molecule has 12 heteroatoms. The van der Waals surface area contributed by atoms with Crippen molar-refractivity contribution < 1.29 is 18.3 Å². The highest BCUT2D eigenvalue weighted by molar-refractivity contribution is 8.17. The Morgan fingerprint density at radius 2 is 1.92 bits per heavy atom. The van der Waals surface area contributed by atoms with Crippen LogP contribution in [0.25, 0.3) is 10.9 Å². The second-order valence-corrected chi connectivity index (χ2v) is 12.4. The number of carbonyl (C=O) groups is 1. The number of anilines is 1. The lowest BCUT2D eigenvalue weighted by Crippen LogP contribution is -2.54. The van der Waals surface area contributed by atoms with Gasteiger partial charge >= 0.3 is 5.69 Å². The molecule has 1 amide bonds. The fourth-order valence-corrected chi connectivity index (χ4v) is 8.46. The molecule has 1 saturated heterocycles. The van der Waals surface area contributed by atoms with Crippen molar-refractivity contribution in [2.24, 2.45) is 0 Å². The van der Waals surface area contributed by atoms with E-state index in [1.54, 1.807) is 21.6 Å². The molecular weight excluding hydrogens is 557 g/mol. The number of benzene rings is 2. The Balaban J connectivity index is 1.73. The van der Waals surface area contributed by atoms with Crippen LogP contribution >= 0.6 is 34.1 Å². The Hall–Kier alpha value is -2.66. The van der Waals surface area contributed by atoms with Gasteiger partial charge in [-0.2, -0.15) is 15.9 Å². The number of amides is 1. The summed E-state index contributed by atoms with van der Waals surface area (Å²) in [5.41, 5.74) is 0.121. The molecule has 3 atom stereocenters. The number of aromatic nitrogens is 2. The van der Waals surface area contributed by atoms with Crippen LogP contribution in [0.15, 0.2) is 51.5 Å². The summed E-state index contributed by atoms with van der Waals surface area (Å²) >= 11 is 12.7. The molecule has 0 bridgehead atoms. The van der Waals surface area contributed by atoms with Gasteiger partial charge < -0.3 is 14.5 Å². The standard InChI is InChI=1S/C26H26Cl2F2N4O3S/c1-4-23(35)32-5-6-33(14(2)11-32)25-17-7-15(27)8-22-24(17)34(26(36)31-25)12-16(37-3)13-38(22)21-9-18(28)19(29)10-20(21)30/h4,7-10,14,16,38H,1,5-6,11-13H2,2-3H3/t14-,16-/m0/s1. The molecule has 2 aliphatic heterocycles. The third kappa shape index (κ3) is 4.68. The molecule has 7 nitrogen and oxygen atoms in total. The minimum Gasteiger partial charge on any atom is -0.379 e. The fourth-order valence-electron chi connectivity index (χ4n) is 5.20. The van der Waals surface area contributed by atoms with Crippen LogP contribution in [0.3, 0.4) is 0 Å². The summed E-state index contributed by atoms with van der Waals surface area (Å²) in [5, 5.41) is 0.847. The molecule has 2 aromatic carbocycles. The van der Waals surface area contributed by atoms with Crippen LogP contribution in [0.5, 0.6) is 0 Å². The van der Waals surface area contributed by atoms with Crippen molar-refractivity contribution in [2.45, 2.75) is 35.4 Å². The van der Waals surface area contributed by atoms with Gasteiger partial charge in [-0.05, 0) is 31.2 Å². The van der Waals surface area contributed by atoms with Crippen LogP contribution in [0.2, 0.25) is 10.0 Å². The van der Waals surface area contributed by atoms with E-state index >= 15 is 4.39 Å². The van der Waals surface area contributed by atoms with Crippen molar-refractivity contribution in [3.05, 3.63) is 69.1 Å². The van der Waals surface area contributed by atoms with E-state index in [0.717, 1.165) is 6.07 Å². The maximum Gasteiger partial charge on any atom is 0.350 e. The van der Waals surface area contributed by atoms with Gasteiger partial charge in [-0.1, -0.05) is 29.8 Å². The summed E-state index contributed by atoms with van der Waals surface area (Å²) in [7, 11) is 0.0462. The average molecular weight is 583 g/mol. The first-order valence-electron chi connectivity index (χ1n) is 12.0. The zero-order chi connectivity index (χ0) is 27.3. The molecular formula is C26H26Cl2F2N4O3S. The molecule has 3 heterocycles. The third-order valence-corrected chi connectivity index (χ3v) is 10.2. The van der Waals surface area contributed by atoms with Crippen LogP contribution in [0, 0.1) is 11.6 Å². The van der Waals surface area contributed by atoms with E-state index in [1.807, 2.05) is 11.8 Å². The number of ether oxygens (including phenoxy) is 1. The maximum atomic E-state index is 15.2. The van der Waals surface area contributed by atoms with Gasteiger partial charge in [0.25, 0.3) is 0 Å². The zero-order valence-electron chi connectivity index (χ0n) is 20.8. The summed E-state index contributed by atoms with van der Waals surface area (Å²) in [6.45, 7) is 7.05. The number of halogens is 4. The third-order valence-electron chi connectivity index (χ3n) is 7.06. The summed E-state index contributed by atoms with van der Waals surface area (Å²) in [4.78, 5) is 34.7. The van der Waals surface area contributed by atoms with Gasteiger partial charge in [0.15, 0.2) is 0 Å². The molecule has 0 radical (unpaired) electrons. The first kappa shape index (κ1) is 26.9. The molecule has 0 spiro atoms. The van der Waals surface area contributed by atoms with Crippen LogP contribution in [-0.2, 0) is 16.1 Å². The van der Waals surface area contributed by atoms with Gasteiger partial charge in [0, 0.05) is 64.8 Å². The van der Waals surface area contributed by atoms with Gasteiger partial charge in [-0.25, -0.2) is 13.6 Å². The summed E-state index contributed by atoms with van der Waals surface area (Å²) < 4.78 is 36.4. The number of methoxy groups -OCH3 is 1. The van der Waals surface area contributed by atoms with Crippen molar-refractivity contribution in [3.63, 3.8) is 0 Å². The monoisotopic (exact) mass is 582 g/mol. The van der Waals surface area contributed by atoms with E-state index in [2.05, 4.69) is 11.6 Å². The van der Waals surface area contributed by atoms with Gasteiger partial charge in [0.2, 0.25) is 5.91 Å². The van der Waals surface area contributed by atoms with E-state index in [1.165, 1.54) is 19.3 Å². The number of carbonyl (C=O) groups excluding carboxylic acids is 1. The average Bonchev–Trinajstić information content (AvgIpc) is 3.05. The highest BCUT2D eigenvalue weighted by Crippen LogP contribution is 2.52. The van der Waals surface area contributed by atoms with E-state index < -0.39 is 34.3 Å². The SMILES string of the molecule is C=CC(=O)N1CCN(c2nc(=O)n3c4c(cc(Cl)cc24)[SH](c2cc(Cl)c(F)cc2F)C[C@@H](OC)C3)[C@@H](C)C1. The molecule has 0 N–H and O–H groups in total. The largest absolute Gasteiger partial charge is 0.379 e. The lowest BCUT2D eigenvalue weighted by molar-refractivity contribution is -0.126. The Morgan fingerprint density at radius 1 is 1.16 bits per heavy atom. The van der Waals surface area contributed by atoms with Crippen molar-refractivity contribution in [1.29, 1.82) is 0 Å². The lowest BCUT2D eigenvalue weighted by atomic mass is 10.1. The van der Waals surface area contributed by atoms with E-state index in [-0.39, 0.29) is 28.4 Å². The molecule has 202 valence electrons. The topological polar surface area (TPSA) is 67.7 Å². The van der Waals surface area contributed by atoms with Gasteiger partial charge in [-0.15, -0.1) is 0 Å². The minimum absolute atomic E-state index is 0.146. The van der Waals surface area contributed by atoms with Gasteiger partial charge in [0.05, 0.1) is 23.2 Å². The lowest BCUT2D eigenvalue weighted by Gasteiger charge is -2.40. The number of rotatable bonds is 4. The summed E-state index contributed by atoms with van der Waals surface area (Å²) in [6.07, 6.45) is 0.852. The maximum absolute atomic E-state index is 15.2. The highest BCUT2D eigenvalue weighted by atomic mass is 35.5. The van der Waals surface area contributed by atoms with Crippen molar-refractivity contribution in [2.75, 3.05) is 37.4 Å². The van der Waals surface area contributed by atoms with Gasteiger partial charge in [-0.3, -0.25) is 9.36 Å². The second kappa shape index (κ2) is 10.5. The predicted octanol–water partition coefficient (Wildman–Crippen LogP) is 4.65. The molecule has 0 aliphatic carbocycles. The normalized spacial score (nSPS) is 22.4. The van der Waals surface area contributed by atoms with Crippen LogP contribution in [0.1, 0.15) is 6.92 Å². The Labute approximate surface area is 230 Å². The molecule has 1 aromatic heterocycles. The Bertz CT molecular complexity index is 1520. The van der Waals surface area contributed by atoms with E-state index in [9.17, 15) is 14.0 Å². The van der Waals surface area contributed by atoms with Crippen molar-refractivity contribution in [3.8, 4) is 0 Å². The molecule has 1 unspecified atom stereocenters. The minimum atomic E-state index is -1.49. The Morgan fingerprint density at radius 3 is 2.61 bits per heavy atom. The molecule has 0 saturated carbocycles. The first-order chi connectivity index (χ1) is 18.1. The van der Waals surface area contributed by atoms with E-state index in [0.29, 0.717) is 52.0 Å². The predicted molar refractivity (Wildman–Crippen MR) is 147 cm³/mol. The van der Waals surface area contributed by atoms with Crippen LogP contribution in [0.4, 0.5) is 14.6 Å². The summed E-state index contributed by atoms with van der Waals surface area (Å²) in [5.74, 6) is -0.898. The van der Waals surface area contributed by atoms with Gasteiger partial charge in [0.1, 0.15) is 17.5 Å². The molecule has 1 fully saturated rings. The highest BCUT2D eigenvalue weighted by Gasteiger charge is 2.33. The number of hydrogen-bond acceptors (Lipinski definition) is 5. The number of piperazine rings is 1. The molecule has 2 aliphatic rings. The number of hydrogen-bond donors (Lipinski definition) is 1.